The zero-order valence-corrected chi connectivity index (χ0v) is 25.7. The van der Waals surface area contributed by atoms with Crippen molar-refractivity contribution in [3.05, 3.63) is 147 Å². The molecule has 1 heterocycles. The Labute approximate surface area is 272 Å². The third-order valence-electron chi connectivity index (χ3n) is 7.38. The van der Waals surface area contributed by atoms with E-state index in [0.717, 1.165) is 11.1 Å². The van der Waals surface area contributed by atoms with Crippen molar-refractivity contribution in [1.82, 2.24) is 10.9 Å². The lowest BCUT2D eigenvalue weighted by atomic mass is 9.83. The van der Waals surface area contributed by atoms with Crippen LogP contribution in [0.25, 0.3) is 16.5 Å². The van der Waals surface area contributed by atoms with Gasteiger partial charge in [-0.25, -0.2) is 10.4 Å². The molecule has 11 heteroatoms. The maximum absolute atomic E-state index is 14.3. The Morgan fingerprint density at radius 2 is 1.78 bits per heavy atom. The molecule has 4 aromatic rings. The number of hydrogen-bond donors (Lipinski definition) is 3. The topological polar surface area (TPSA) is 141 Å². The van der Waals surface area contributed by atoms with E-state index in [-0.39, 0.29) is 25.5 Å². The number of nitrogens with zero attached hydrogens (tertiary/aromatic N) is 4. The SMILES string of the molecule is [N-]=[N+]=Nc1ccccc1[C@@H]1OC(c2ccc(OCCCO)cc2)=N[C@]1(C/C=C/c1ccccc1)C(=O)NNCc1ccccc1Cl. The van der Waals surface area contributed by atoms with Crippen molar-refractivity contribution < 1.29 is 19.4 Å². The second-order valence-corrected chi connectivity index (χ2v) is 10.9. The van der Waals surface area contributed by atoms with Gasteiger partial charge in [-0.1, -0.05) is 102 Å². The Hall–Kier alpha value is -5.12. The maximum atomic E-state index is 14.3. The van der Waals surface area contributed by atoms with E-state index >= 15 is 0 Å². The molecule has 0 bridgehead atoms. The lowest BCUT2D eigenvalue weighted by molar-refractivity contribution is -0.129. The van der Waals surface area contributed by atoms with Gasteiger partial charge in [-0.05, 0) is 47.0 Å². The summed E-state index contributed by atoms with van der Waals surface area (Å²) in [6.07, 6.45) is 3.53. The molecule has 0 aliphatic carbocycles. The van der Waals surface area contributed by atoms with Crippen molar-refractivity contribution >= 4 is 35.2 Å². The summed E-state index contributed by atoms with van der Waals surface area (Å²) in [5.41, 5.74) is 16.9. The third-order valence-corrected chi connectivity index (χ3v) is 7.75. The number of rotatable bonds is 14. The third kappa shape index (κ3) is 7.74. The largest absolute Gasteiger partial charge is 0.494 e. The summed E-state index contributed by atoms with van der Waals surface area (Å²) in [6, 6.07) is 31.2. The quantitative estimate of drug-likeness (QED) is 0.0440. The number of carbonyl (C=O) groups is 1. The van der Waals surface area contributed by atoms with E-state index in [1.165, 1.54) is 0 Å². The normalized spacial score (nSPS) is 17.2. The molecule has 0 aromatic heterocycles. The second kappa shape index (κ2) is 15.7. The molecular weight excluding hydrogens is 604 g/mol. The van der Waals surface area contributed by atoms with Crippen LogP contribution in [-0.4, -0.2) is 35.7 Å². The molecular formula is C35H33ClN6O4. The van der Waals surface area contributed by atoms with E-state index in [2.05, 4.69) is 20.9 Å². The van der Waals surface area contributed by atoms with E-state index < -0.39 is 17.6 Å². The number of azide groups is 1. The first kappa shape index (κ1) is 32.3. The first-order valence-corrected chi connectivity index (χ1v) is 15.1. The second-order valence-electron chi connectivity index (χ2n) is 10.5. The van der Waals surface area contributed by atoms with Crippen LogP contribution in [0.4, 0.5) is 5.69 Å². The van der Waals surface area contributed by atoms with Gasteiger partial charge in [0.25, 0.3) is 5.91 Å². The van der Waals surface area contributed by atoms with Gasteiger partial charge < -0.3 is 14.6 Å². The van der Waals surface area contributed by atoms with Crippen molar-refractivity contribution in [3.63, 3.8) is 0 Å². The number of carbonyl (C=O) groups excluding carboxylic acids is 1. The molecule has 0 saturated carbocycles. The lowest BCUT2D eigenvalue weighted by Crippen LogP contribution is -2.52. The highest BCUT2D eigenvalue weighted by molar-refractivity contribution is 6.31. The smallest absolute Gasteiger partial charge is 0.266 e. The summed E-state index contributed by atoms with van der Waals surface area (Å²) >= 11 is 6.34. The van der Waals surface area contributed by atoms with Gasteiger partial charge in [0.05, 0.1) is 6.61 Å². The zero-order valence-electron chi connectivity index (χ0n) is 24.9. The highest BCUT2D eigenvalue weighted by atomic mass is 35.5. The van der Waals surface area contributed by atoms with Crippen molar-refractivity contribution in [2.45, 2.75) is 31.0 Å². The van der Waals surface area contributed by atoms with Crippen LogP contribution >= 0.6 is 11.6 Å². The summed E-state index contributed by atoms with van der Waals surface area (Å²) in [5, 5.41) is 13.5. The zero-order chi connectivity index (χ0) is 32.2. The van der Waals surface area contributed by atoms with Crippen LogP contribution in [0.3, 0.4) is 0 Å². The highest BCUT2D eigenvalue weighted by Gasteiger charge is 2.53. The molecule has 1 amide bonds. The fourth-order valence-electron chi connectivity index (χ4n) is 5.05. The minimum atomic E-state index is -1.51. The average molecular weight is 637 g/mol. The number of aliphatic imine (C=N–C) groups is 1. The number of nitrogens with one attached hydrogen (secondary N) is 2. The molecule has 0 saturated heterocycles. The first-order chi connectivity index (χ1) is 22.5. The van der Waals surface area contributed by atoms with Gasteiger partial charge in [0.1, 0.15) is 5.75 Å². The Morgan fingerprint density at radius 1 is 1.04 bits per heavy atom. The van der Waals surface area contributed by atoms with E-state index in [0.29, 0.717) is 40.6 Å². The number of halogens is 1. The number of aliphatic hydroxyl groups is 1. The van der Waals surface area contributed by atoms with Crippen LogP contribution in [-0.2, 0) is 16.1 Å². The van der Waals surface area contributed by atoms with Crippen molar-refractivity contribution in [2.24, 2.45) is 10.1 Å². The molecule has 2 atom stereocenters. The van der Waals surface area contributed by atoms with Gasteiger partial charge in [-0.3, -0.25) is 10.2 Å². The molecule has 46 heavy (non-hydrogen) atoms. The van der Waals surface area contributed by atoms with Crippen molar-refractivity contribution in [3.8, 4) is 5.75 Å². The van der Waals surface area contributed by atoms with E-state index in [1.807, 2.05) is 60.7 Å². The van der Waals surface area contributed by atoms with Gasteiger partial charge >= 0.3 is 0 Å². The van der Waals surface area contributed by atoms with E-state index in [4.69, 9.17) is 31.2 Å². The Kier molecular flexibility index (Phi) is 11.0. The molecule has 1 aliphatic heterocycles. The molecule has 0 spiro atoms. The fraction of sp³-hybridized carbons (Fsp3) is 0.200. The minimum Gasteiger partial charge on any atom is -0.494 e. The number of benzene rings is 4. The highest BCUT2D eigenvalue weighted by Crippen LogP contribution is 2.45. The summed E-state index contributed by atoms with van der Waals surface area (Å²) in [5.74, 6) is 0.425. The summed E-state index contributed by atoms with van der Waals surface area (Å²) in [7, 11) is 0. The summed E-state index contributed by atoms with van der Waals surface area (Å²) in [6.45, 7) is 0.692. The summed E-state index contributed by atoms with van der Waals surface area (Å²) in [4.78, 5) is 22.3. The molecule has 5 rings (SSSR count). The number of amides is 1. The van der Waals surface area contributed by atoms with Gasteiger partial charge in [0.2, 0.25) is 5.90 Å². The van der Waals surface area contributed by atoms with Crippen molar-refractivity contribution in [1.29, 1.82) is 0 Å². The van der Waals surface area contributed by atoms with Crippen LogP contribution in [0.1, 0.15) is 41.2 Å². The van der Waals surface area contributed by atoms with Crippen LogP contribution in [0.5, 0.6) is 5.75 Å². The number of aliphatic hydroxyl groups excluding tert-OH is 1. The minimum absolute atomic E-state index is 0.0392. The van der Waals surface area contributed by atoms with Gasteiger partial charge in [0.15, 0.2) is 11.6 Å². The molecule has 0 radical (unpaired) electrons. The van der Waals surface area contributed by atoms with Gasteiger partial charge in [-0.2, -0.15) is 0 Å². The Morgan fingerprint density at radius 3 is 2.54 bits per heavy atom. The van der Waals surface area contributed by atoms with Crippen molar-refractivity contribution in [2.75, 3.05) is 13.2 Å². The lowest BCUT2D eigenvalue weighted by Gasteiger charge is -2.30. The predicted octanol–water partition coefficient (Wildman–Crippen LogP) is 7.22. The van der Waals surface area contributed by atoms with Crippen LogP contribution < -0.4 is 15.6 Å². The summed E-state index contributed by atoms with van der Waals surface area (Å²) < 4.78 is 12.2. The standard InChI is InChI=1S/C35H33ClN6O4/c36-30-15-6-4-13-27(30)24-38-41-34(44)35(21-8-12-25-10-2-1-3-11-25)32(29-14-5-7-16-31(29)40-42-37)46-33(39-35)26-17-19-28(20-18-26)45-23-9-22-43/h1-8,10-20,32,38,43H,9,21-24H2,(H,41,44)/b12-8+/t32-,35-/m0/s1. The van der Waals surface area contributed by atoms with E-state index in [1.54, 1.807) is 54.6 Å². The average Bonchev–Trinajstić information content (AvgIpc) is 3.47. The van der Waals surface area contributed by atoms with Gasteiger partial charge in [0, 0.05) is 52.7 Å². The van der Waals surface area contributed by atoms with Crippen LogP contribution in [0.15, 0.2) is 119 Å². The molecule has 4 aromatic carbocycles. The molecule has 3 N–H and O–H groups in total. The molecule has 234 valence electrons. The first-order valence-electron chi connectivity index (χ1n) is 14.8. The van der Waals surface area contributed by atoms with Gasteiger partial charge in [-0.15, -0.1) is 0 Å². The van der Waals surface area contributed by atoms with Crippen LogP contribution in [0.2, 0.25) is 5.02 Å². The molecule has 1 aliphatic rings. The molecule has 0 unspecified atom stereocenters. The maximum Gasteiger partial charge on any atom is 0.266 e. The Bertz CT molecular complexity index is 1740. The predicted molar refractivity (Wildman–Crippen MR) is 179 cm³/mol. The number of hydrazine groups is 1. The number of ether oxygens (including phenoxy) is 2. The monoisotopic (exact) mass is 636 g/mol. The number of hydrogen-bond acceptors (Lipinski definition) is 7. The van der Waals surface area contributed by atoms with E-state index in [9.17, 15) is 10.3 Å². The fourth-order valence-corrected chi connectivity index (χ4v) is 5.25. The Balaban J connectivity index is 1.54. The van der Waals surface area contributed by atoms with Crippen LogP contribution in [0, 0.1) is 0 Å². The molecule has 0 fully saturated rings. The molecule has 10 nitrogen and oxygen atoms in total.